The van der Waals surface area contributed by atoms with Gasteiger partial charge in [-0.15, -0.1) is 0 Å². The first kappa shape index (κ1) is 16.7. The van der Waals surface area contributed by atoms with Gasteiger partial charge in [0.2, 0.25) is 6.79 Å². The fourth-order valence-corrected chi connectivity index (χ4v) is 2.67. The highest BCUT2D eigenvalue weighted by Gasteiger charge is 2.16. The van der Waals surface area contributed by atoms with E-state index in [9.17, 15) is 4.79 Å². The number of hydrogen-bond acceptors (Lipinski definition) is 6. The lowest BCUT2D eigenvalue weighted by Crippen LogP contribution is -2.12. The Hall–Kier alpha value is -3.74. The molecule has 0 unspecified atom stereocenters. The van der Waals surface area contributed by atoms with E-state index in [1.54, 1.807) is 43.6 Å². The van der Waals surface area contributed by atoms with E-state index >= 15 is 0 Å². The minimum Gasteiger partial charge on any atom is -0.495 e. The normalized spacial score (nSPS) is 11.7. The molecule has 0 saturated carbocycles. The van der Waals surface area contributed by atoms with Crippen LogP contribution in [-0.2, 0) is 0 Å². The minimum absolute atomic E-state index is 0.172. The van der Waals surface area contributed by atoms with E-state index in [1.165, 1.54) is 0 Å². The number of nitrogens with one attached hydrogen (secondary N) is 2. The summed E-state index contributed by atoms with van der Waals surface area (Å²) in [6.07, 6.45) is 1.59. The van der Waals surface area contributed by atoms with Crippen LogP contribution in [0.4, 0.5) is 17.2 Å². The summed E-state index contributed by atoms with van der Waals surface area (Å²) in [7, 11) is 1.61. The lowest BCUT2D eigenvalue weighted by molar-refractivity contribution is 0.102. The largest absolute Gasteiger partial charge is 0.495 e. The SMILES string of the molecule is COc1ccccc1Nc1ccc(NC(=O)c2ccc3c(c2)OCO3)cn1. The number of aromatic nitrogens is 1. The number of nitrogens with zero attached hydrogens (tertiary/aromatic N) is 1. The maximum absolute atomic E-state index is 12.4. The Bertz CT molecular complexity index is 973. The lowest BCUT2D eigenvalue weighted by Gasteiger charge is -2.11. The van der Waals surface area contributed by atoms with Gasteiger partial charge in [-0.25, -0.2) is 4.98 Å². The summed E-state index contributed by atoms with van der Waals surface area (Å²) in [6.45, 7) is 0.172. The number of carbonyl (C=O) groups is 1. The van der Waals surface area contributed by atoms with Crippen LogP contribution in [-0.4, -0.2) is 24.8 Å². The van der Waals surface area contributed by atoms with Gasteiger partial charge in [-0.3, -0.25) is 4.79 Å². The van der Waals surface area contributed by atoms with Gasteiger partial charge in [-0.1, -0.05) is 12.1 Å². The number of methoxy groups -OCH3 is 1. The molecular formula is C20H17N3O4. The quantitative estimate of drug-likeness (QED) is 0.717. The Morgan fingerprint density at radius 1 is 1.07 bits per heavy atom. The third-order valence-electron chi connectivity index (χ3n) is 4.03. The van der Waals surface area contributed by atoms with E-state index in [4.69, 9.17) is 14.2 Å². The average molecular weight is 363 g/mol. The molecule has 0 saturated heterocycles. The number of amides is 1. The molecule has 1 aliphatic heterocycles. The smallest absolute Gasteiger partial charge is 0.255 e. The van der Waals surface area contributed by atoms with Crippen LogP contribution >= 0.6 is 0 Å². The van der Waals surface area contributed by atoms with Crippen molar-refractivity contribution in [3.8, 4) is 17.2 Å². The van der Waals surface area contributed by atoms with Crippen molar-refractivity contribution in [2.45, 2.75) is 0 Å². The van der Waals surface area contributed by atoms with Crippen LogP contribution in [0.2, 0.25) is 0 Å². The second-order valence-corrected chi connectivity index (χ2v) is 5.78. The Kier molecular flexibility index (Phi) is 4.49. The van der Waals surface area contributed by atoms with E-state index in [1.807, 2.05) is 24.3 Å². The van der Waals surface area contributed by atoms with Crippen LogP contribution in [0.15, 0.2) is 60.8 Å². The van der Waals surface area contributed by atoms with Gasteiger partial charge in [0.25, 0.3) is 5.91 Å². The molecule has 7 nitrogen and oxygen atoms in total. The van der Waals surface area contributed by atoms with Gasteiger partial charge in [0.1, 0.15) is 11.6 Å². The monoisotopic (exact) mass is 363 g/mol. The number of ether oxygens (including phenoxy) is 3. The molecule has 27 heavy (non-hydrogen) atoms. The Morgan fingerprint density at radius 3 is 2.74 bits per heavy atom. The third kappa shape index (κ3) is 3.62. The van der Waals surface area contributed by atoms with Crippen molar-refractivity contribution < 1.29 is 19.0 Å². The van der Waals surface area contributed by atoms with Crippen LogP contribution in [0.3, 0.4) is 0 Å². The number of carbonyl (C=O) groups excluding carboxylic acids is 1. The van der Waals surface area contributed by atoms with Gasteiger partial charge >= 0.3 is 0 Å². The highest BCUT2D eigenvalue weighted by molar-refractivity contribution is 6.04. The standard InChI is InChI=1S/C20H17N3O4/c1-25-16-5-3-2-4-15(16)23-19-9-7-14(11-21-19)22-20(24)13-6-8-17-18(10-13)27-12-26-17/h2-11H,12H2,1H3,(H,21,23)(H,22,24). The van der Waals surface area contributed by atoms with Crippen LogP contribution in [0.5, 0.6) is 17.2 Å². The Balaban J connectivity index is 1.44. The van der Waals surface area contributed by atoms with E-state index < -0.39 is 0 Å². The zero-order valence-electron chi connectivity index (χ0n) is 14.6. The molecule has 4 rings (SSSR count). The lowest BCUT2D eigenvalue weighted by atomic mass is 10.2. The Labute approximate surface area is 155 Å². The fourth-order valence-electron chi connectivity index (χ4n) is 2.67. The van der Waals surface area contributed by atoms with Gasteiger partial charge in [-0.2, -0.15) is 0 Å². The minimum atomic E-state index is -0.250. The van der Waals surface area contributed by atoms with Crippen molar-refractivity contribution in [3.05, 3.63) is 66.4 Å². The predicted molar refractivity (Wildman–Crippen MR) is 101 cm³/mol. The van der Waals surface area contributed by atoms with Gasteiger partial charge in [-0.05, 0) is 42.5 Å². The number of rotatable bonds is 5. The molecule has 2 aromatic carbocycles. The molecule has 3 aromatic rings. The molecule has 0 fully saturated rings. The second kappa shape index (κ2) is 7.25. The summed E-state index contributed by atoms with van der Waals surface area (Å²) in [5.74, 6) is 2.32. The molecule has 0 bridgehead atoms. The van der Waals surface area contributed by atoms with Crippen LogP contribution in [0, 0.1) is 0 Å². The second-order valence-electron chi connectivity index (χ2n) is 5.78. The van der Waals surface area contributed by atoms with Crippen molar-refractivity contribution in [3.63, 3.8) is 0 Å². The van der Waals surface area contributed by atoms with E-state index in [0.29, 0.717) is 28.6 Å². The van der Waals surface area contributed by atoms with Crippen LogP contribution in [0.1, 0.15) is 10.4 Å². The Morgan fingerprint density at radius 2 is 1.93 bits per heavy atom. The average Bonchev–Trinajstić information content (AvgIpc) is 3.17. The number of hydrogen-bond donors (Lipinski definition) is 2. The van der Waals surface area contributed by atoms with Crippen molar-refractivity contribution in [2.24, 2.45) is 0 Å². The molecule has 2 N–H and O–H groups in total. The molecule has 7 heteroatoms. The van der Waals surface area contributed by atoms with Gasteiger partial charge in [0.05, 0.1) is 24.7 Å². The van der Waals surface area contributed by atoms with Crippen LogP contribution in [0.25, 0.3) is 0 Å². The molecule has 2 heterocycles. The first-order chi connectivity index (χ1) is 13.2. The van der Waals surface area contributed by atoms with E-state index in [-0.39, 0.29) is 12.7 Å². The number of benzene rings is 2. The third-order valence-corrected chi connectivity index (χ3v) is 4.03. The molecule has 136 valence electrons. The first-order valence-corrected chi connectivity index (χ1v) is 8.30. The zero-order chi connectivity index (χ0) is 18.6. The van der Waals surface area contributed by atoms with Gasteiger partial charge < -0.3 is 24.8 Å². The summed E-state index contributed by atoms with van der Waals surface area (Å²) in [6, 6.07) is 16.2. The predicted octanol–water partition coefficient (Wildman–Crippen LogP) is 3.81. The molecule has 1 amide bonds. The van der Waals surface area contributed by atoms with Crippen LogP contribution < -0.4 is 24.8 Å². The van der Waals surface area contributed by atoms with Crippen molar-refractivity contribution in [2.75, 3.05) is 24.5 Å². The molecule has 0 aliphatic carbocycles. The number of pyridine rings is 1. The summed E-state index contributed by atoms with van der Waals surface area (Å²) in [5, 5.41) is 6.00. The first-order valence-electron chi connectivity index (χ1n) is 8.30. The molecule has 1 aromatic heterocycles. The van der Waals surface area contributed by atoms with Crippen molar-refractivity contribution >= 4 is 23.1 Å². The molecule has 1 aliphatic rings. The molecule has 0 radical (unpaired) electrons. The summed E-state index contributed by atoms with van der Waals surface area (Å²) in [4.78, 5) is 16.7. The molecule has 0 spiro atoms. The van der Waals surface area contributed by atoms with Crippen molar-refractivity contribution in [1.82, 2.24) is 4.98 Å². The number of para-hydroxylation sites is 2. The topological polar surface area (TPSA) is 81.7 Å². The zero-order valence-corrected chi connectivity index (χ0v) is 14.6. The highest BCUT2D eigenvalue weighted by Crippen LogP contribution is 2.32. The maximum Gasteiger partial charge on any atom is 0.255 e. The molecule has 0 atom stereocenters. The maximum atomic E-state index is 12.4. The number of anilines is 3. The number of fused-ring (bicyclic) bond motifs is 1. The van der Waals surface area contributed by atoms with E-state index in [2.05, 4.69) is 15.6 Å². The summed E-state index contributed by atoms with van der Waals surface area (Å²) >= 11 is 0. The fraction of sp³-hybridized carbons (Fsp3) is 0.100. The van der Waals surface area contributed by atoms with Gasteiger partial charge in [0.15, 0.2) is 11.5 Å². The van der Waals surface area contributed by atoms with E-state index in [0.717, 1.165) is 11.4 Å². The molecular weight excluding hydrogens is 346 g/mol. The highest BCUT2D eigenvalue weighted by atomic mass is 16.7. The summed E-state index contributed by atoms with van der Waals surface area (Å²) in [5.41, 5.74) is 1.88. The van der Waals surface area contributed by atoms with Crippen molar-refractivity contribution in [1.29, 1.82) is 0 Å². The van der Waals surface area contributed by atoms with Gasteiger partial charge in [0, 0.05) is 5.56 Å². The summed E-state index contributed by atoms with van der Waals surface area (Å²) < 4.78 is 15.9.